The molecule has 88 valence electrons. The number of carbonyl (C=O) groups excluding carboxylic acids is 2. The summed E-state index contributed by atoms with van der Waals surface area (Å²) in [6.45, 7) is 9.20. The maximum atomic E-state index is 11.8. The molecule has 0 aliphatic heterocycles. The van der Waals surface area contributed by atoms with Gasteiger partial charge < -0.3 is 10.6 Å². The number of hydrogen-bond acceptors (Lipinski definition) is 2. The molecule has 4 nitrogen and oxygen atoms in total. The SMILES string of the molecule is CC[C@H](C)NC(=O)[C@@H](NC(C)=O)C(C)C. The summed E-state index contributed by atoms with van der Waals surface area (Å²) in [5.41, 5.74) is 0. The van der Waals surface area contributed by atoms with E-state index < -0.39 is 6.04 Å². The first-order valence-corrected chi connectivity index (χ1v) is 5.46. The van der Waals surface area contributed by atoms with Crippen molar-refractivity contribution >= 4 is 11.8 Å². The van der Waals surface area contributed by atoms with Crippen LogP contribution in [-0.4, -0.2) is 23.9 Å². The van der Waals surface area contributed by atoms with Crippen molar-refractivity contribution in [2.24, 2.45) is 5.92 Å². The summed E-state index contributed by atoms with van der Waals surface area (Å²) in [6.07, 6.45) is 0.886. The van der Waals surface area contributed by atoms with E-state index in [1.165, 1.54) is 6.92 Å². The third-order valence-electron chi connectivity index (χ3n) is 2.31. The van der Waals surface area contributed by atoms with Gasteiger partial charge in [-0.25, -0.2) is 0 Å². The van der Waals surface area contributed by atoms with Gasteiger partial charge in [-0.1, -0.05) is 20.8 Å². The van der Waals surface area contributed by atoms with Gasteiger partial charge in [0.15, 0.2) is 0 Å². The Labute approximate surface area is 91.8 Å². The molecule has 0 aromatic heterocycles. The Hall–Kier alpha value is -1.06. The first kappa shape index (κ1) is 13.9. The summed E-state index contributed by atoms with van der Waals surface area (Å²) in [7, 11) is 0. The minimum absolute atomic E-state index is 0.0953. The number of rotatable bonds is 5. The highest BCUT2D eigenvalue weighted by atomic mass is 16.2. The van der Waals surface area contributed by atoms with Gasteiger partial charge in [0.05, 0.1) is 0 Å². The predicted molar refractivity (Wildman–Crippen MR) is 60.3 cm³/mol. The van der Waals surface area contributed by atoms with Crippen LogP contribution in [0, 0.1) is 5.92 Å². The summed E-state index contributed by atoms with van der Waals surface area (Å²) in [6, 6.07) is -0.288. The lowest BCUT2D eigenvalue weighted by Crippen LogP contribution is -2.51. The molecular weight excluding hydrogens is 192 g/mol. The largest absolute Gasteiger partial charge is 0.352 e. The van der Waals surface area contributed by atoms with Crippen molar-refractivity contribution in [3.05, 3.63) is 0 Å². The zero-order valence-corrected chi connectivity index (χ0v) is 10.3. The topological polar surface area (TPSA) is 58.2 Å². The summed E-state index contributed by atoms with van der Waals surface area (Å²) in [5.74, 6) is -0.180. The zero-order chi connectivity index (χ0) is 12.0. The van der Waals surface area contributed by atoms with E-state index in [9.17, 15) is 9.59 Å². The highest BCUT2D eigenvalue weighted by Gasteiger charge is 2.23. The van der Waals surface area contributed by atoms with Crippen LogP contribution in [0.1, 0.15) is 41.0 Å². The molecule has 0 rings (SSSR count). The zero-order valence-electron chi connectivity index (χ0n) is 10.3. The molecule has 15 heavy (non-hydrogen) atoms. The van der Waals surface area contributed by atoms with Gasteiger partial charge in [-0.2, -0.15) is 0 Å². The Bertz CT molecular complexity index is 227. The first-order chi connectivity index (χ1) is 6.88. The Kier molecular flexibility index (Phi) is 5.97. The van der Waals surface area contributed by atoms with E-state index in [-0.39, 0.29) is 23.8 Å². The van der Waals surface area contributed by atoms with Crippen molar-refractivity contribution in [2.75, 3.05) is 0 Å². The molecule has 4 heteroatoms. The first-order valence-electron chi connectivity index (χ1n) is 5.46. The number of carbonyl (C=O) groups is 2. The molecular formula is C11H22N2O2. The summed E-state index contributed by atoms with van der Waals surface area (Å²) < 4.78 is 0. The quantitative estimate of drug-likeness (QED) is 0.719. The average molecular weight is 214 g/mol. The second-order valence-electron chi connectivity index (χ2n) is 4.24. The van der Waals surface area contributed by atoms with Gasteiger partial charge in [0, 0.05) is 13.0 Å². The maximum absolute atomic E-state index is 11.8. The second-order valence-corrected chi connectivity index (χ2v) is 4.24. The molecule has 0 saturated heterocycles. The van der Waals surface area contributed by atoms with Crippen molar-refractivity contribution in [1.29, 1.82) is 0 Å². The molecule has 0 aromatic carbocycles. The van der Waals surface area contributed by atoms with E-state index >= 15 is 0 Å². The summed E-state index contributed by atoms with van der Waals surface area (Å²) in [5, 5.41) is 5.52. The monoisotopic (exact) mass is 214 g/mol. The molecule has 2 amide bonds. The van der Waals surface area contributed by atoms with Crippen molar-refractivity contribution in [2.45, 2.75) is 53.1 Å². The van der Waals surface area contributed by atoms with Crippen molar-refractivity contribution < 1.29 is 9.59 Å². The predicted octanol–water partition coefficient (Wildman–Crippen LogP) is 1.06. The molecule has 0 unspecified atom stereocenters. The smallest absolute Gasteiger partial charge is 0.243 e. The van der Waals surface area contributed by atoms with E-state index in [4.69, 9.17) is 0 Å². The molecule has 0 bridgehead atoms. The van der Waals surface area contributed by atoms with Crippen LogP contribution < -0.4 is 10.6 Å². The Balaban J connectivity index is 4.35. The third-order valence-corrected chi connectivity index (χ3v) is 2.31. The van der Waals surface area contributed by atoms with Crippen LogP contribution in [-0.2, 0) is 9.59 Å². The standard InChI is InChI=1S/C11H22N2O2/c1-6-8(4)12-11(15)10(7(2)3)13-9(5)14/h7-8,10H,6H2,1-5H3,(H,12,15)(H,13,14)/t8-,10-/m0/s1. The highest BCUT2D eigenvalue weighted by Crippen LogP contribution is 2.02. The van der Waals surface area contributed by atoms with E-state index in [1.54, 1.807) is 0 Å². The van der Waals surface area contributed by atoms with Gasteiger partial charge in [0.25, 0.3) is 0 Å². The fraction of sp³-hybridized carbons (Fsp3) is 0.818. The highest BCUT2D eigenvalue weighted by molar-refractivity contribution is 5.87. The number of nitrogens with one attached hydrogen (secondary N) is 2. The molecule has 0 aliphatic carbocycles. The van der Waals surface area contributed by atoms with Gasteiger partial charge in [0.1, 0.15) is 6.04 Å². The third kappa shape index (κ3) is 5.40. The van der Waals surface area contributed by atoms with E-state index in [2.05, 4.69) is 10.6 Å². The van der Waals surface area contributed by atoms with Crippen molar-refractivity contribution in [3.63, 3.8) is 0 Å². The number of hydrogen-bond donors (Lipinski definition) is 2. The van der Waals surface area contributed by atoms with E-state index in [0.29, 0.717) is 0 Å². The van der Waals surface area contributed by atoms with Crippen molar-refractivity contribution in [1.82, 2.24) is 10.6 Å². The summed E-state index contributed by atoms with van der Waals surface area (Å²) >= 11 is 0. The lowest BCUT2D eigenvalue weighted by molar-refractivity contribution is -0.129. The van der Waals surface area contributed by atoms with Crippen LogP contribution in [0.3, 0.4) is 0 Å². The maximum Gasteiger partial charge on any atom is 0.243 e. The van der Waals surface area contributed by atoms with E-state index in [0.717, 1.165) is 6.42 Å². The molecule has 0 saturated carbocycles. The van der Waals surface area contributed by atoms with Crippen LogP contribution in [0.2, 0.25) is 0 Å². The number of amides is 2. The fourth-order valence-electron chi connectivity index (χ4n) is 1.19. The molecule has 0 aliphatic rings. The minimum atomic E-state index is -0.434. The van der Waals surface area contributed by atoms with Crippen LogP contribution in [0.15, 0.2) is 0 Å². The molecule has 0 aromatic rings. The normalized spacial score (nSPS) is 14.5. The van der Waals surface area contributed by atoms with Crippen LogP contribution in [0.25, 0.3) is 0 Å². The van der Waals surface area contributed by atoms with E-state index in [1.807, 2.05) is 27.7 Å². The molecule has 0 heterocycles. The fourth-order valence-corrected chi connectivity index (χ4v) is 1.19. The van der Waals surface area contributed by atoms with Gasteiger partial charge in [-0.05, 0) is 19.3 Å². The minimum Gasteiger partial charge on any atom is -0.352 e. The van der Waals surface area contributed by atoms with Gasteiger partial charge in [-0.15, -0.1) is 0 Å². The van der Waals surface area contributed by atoms with Crippen molar-refractivity contribution in [3.8, 4) is 0 Å². The Morgan fingerprint density at radius 2 is 1.67 bits per heavy atom. The lowest BCUT2D eigenvalue weighted by Gasteiger charge is -2.22. The molecule has 2 atom stereocenters. The van der Waals surface area contributed by atoms with Crippen LogP contribution in [0.5, 0.6) is 0 Å². The second kappa shape index (κ2) is 6.43. The average Bonchev–Trinajstić information content (AvgIpc) is 2.12. The van der Waals surface area contributed by atoms with Crippen LogP contribution >= 0.6 is 0 Å². The Morgan fingerprint density at radius 3 is 2.00 bits per heavy atom. The summed E-state index contributed by atoms with van der Waals surface area (Å²) in [4.78, 5) is 22.7. The molecule has 0 fully saturated rings. The van der Waals surface area contributed by atoms with Gasteiger partial charge >= 0.3 is 0 Å². The van der Waals surface area contributed by atoms with Crippen LogP contribution in [0.4, 0.5) is 0 Å². The molecule has 2 N–H and O–H groups in total. The molecule has 0 radical (unpaired) electrons. The van der Waals surface area contributed by atoms with Gasteiger partial charge in [-0.3, -0.25) is 9.59 Å². The van der Waals surface area contributed by atoms with Gasteiger partial charge in [0.2, 0.25) is 11.8 Å². The Morgan fingerprint density at radius 1 is 1.13 bits per heavy atom. The lowest BCUT2D eigenvalue weighted by atomic mass is 10.0. The molecule has 0 spiro atoms.